The summed E-state index contributed by atoms with van der Waals surface area (Å²) in [5.74, 6) is 1.85. The van der Waals surface area contributed by atoms with Gasteiger partial charge in [0.1, 0.15) is 11.6 Å². The van der Waals surface area contributed by atoms with Crippen LogP contribution in [0.5, 0.6) is 5.75 Å². The summed E-state index contributed by atoms with van der Waals surface area (Å²) in [5.41, 5.74) is 1.06. The number of amidine groups is 1. The number of aliphatic imine (C=N–C) groups is 1. The lowest BCUT2D eigenvalue weighted by Crippen LogP contribution is -2.21. The van der Waals surface area contributed by atoms with Gasteiger partial charge in [-0.3, -0.25) is 4.99 Å². The lowest BCUT2D eigenvalue weighted by atomic mass is 10.2. The van der Waals surface area contributed by atoms with Crippen LogP contribution >= 0.6 is 0 Å². The molecule has 0 amide bonds. The van der Waals surface area contributed by atoms with E-state index in [1.165, 1.54) is 0 Å². The summed E-state index contributed by atoms with van der Waals surface area (Å²) in [6.07, 6.45) is 0.188. The van der Waals surface area contributed by atoms with Crippen molar-refractivity contribution in [2.75, 3.05) is 13.1 Å². The van der Waals surface area contributed by atoms with Crippen LogP contribution in [0, 0.1) is 0 Å². The molecule has 0 atom stereocenters. The summed E-state index contributed by atoms with van der Waals surface area (Å²) in [5, 5.41) is 3.26. The van der Waals surface area contributed by atoms with E-state index in [0.29, 0.717) is 0 Å². The van der Waals surface area contributed by atoms with Crippen molar-refractivity contribution < 1.29 is 4.74 Å². The van der Waals surface area contributed by atoms with E-state index in [0.717, 1.165) is 30.2 Å². The zero-order valence-electron chi connectivity index (χ0n) is 9.16. The second-order valence-electron chi connectivity index (χ2n) is 3.82. The van der Waals surface area contributed by atoms with Crippen molar-refractivity contribution in [3.63, 3.8) is 0 Å². The number of para-hydroxylation sites is 1. The van der Waals surface area contributed by atoms with E-state index in [4.69, 9.17) is 4.74 Å². The Morgan fingerprint density at radius 2 is 2.13 bits per heavy atom. The molecule has 0 saturated heterocycles. The topological polar surface area (TPSA) is 33.6 Å². The van der Waals surface area contributed by atoms with Crippen LogP contribution in [0.1, 0.15) is 19.4 Å². The molecule has 1 aliphatic rings. The van der Waals surface area contributed by atoms with Gasteiger partial charge in [0, 0.05) is 6.54 Å². The zero-order chi connectivity index (χ0) is 10.7. The fourth-order valence-corrected chi connectivity index (χ4v) is 1.60. The fraction of sp³-hybridized carbons (Fsp3) is 0.417. The first-order valence-electron chi connectivity index (χ1n) is 5.32. The third kappa shape index (κ3) is 2.29. The third-order valence-corrected chi connectivity index (χ3v) is 2.18. The van der Waals surface area contributed by atoms with Gasteiger partial charge in [0.2, 0.25) is 0 Å². The van der Waals surface area contributed by atoms with Crippen LogP contribution < -0.4 is 10.1 Å². The molecule has 1 aromatic carbocycles. The largest absolute Gasteiger partial charge is 0.490 e. The number of ether oxygens (including phenoxy) is 1. The monoisotopic (exact) mass is 204 g/mol. The molecule has 3 nitrogen and oxygen atoms in total. The third-order valence-electron chi connectivity index (χ3n) is 2.18. The van der Waals surface area contributed by atoms with Gasteiger partial charge in [-0.25, -0.2) is 0 Å². The van der Waals surface area contributed by atoms with E-state index in [9.17, 15) is 0 Å². The van der Waals surface area contributed by atoms with Crippen molar-refractivity contribution >= 4 is 5.84 Å². The van der Waals surface area contributed by atoms with Crippen molar-refractivity contribution in [2.45, 2.75) is 20.0 Å². The van der Waals surface area contributed by atoms with E-state index in [1.807, 2.05) is 38.1 Å². The molecule has 0 saturated carbocycles. The Bertz CT molecular complexity index is 372. The minimum Gasteiger partial charge on any atom is -0.490 e. The summed E-state index contributed by atoms with van der Waals surface area (Å²) >= 11 is 0. The lowest BCUT2D eigenvalue weighted by Gasteiger charge is -2.14. The van der Waals surface area contributed by atoms with E-state index in [1.54, 1.807) is 0 Å². The summed E-state index contributed by atoms with van der Waals surface area (Å²) in [7, 11) is 0. The Kier molecular flexibility index (Phi) is 2.90. The molecule has 0 aromatic heterocycles. The van der Waals surface area contributed by atoms with Crippen LogP contribution in [0.25, 0.3) is 0 Å². The number of hydrogen-bond donors (Lipinski definition) is 1. The quantitative estimate of drug-likeness (QED) is 0.814. The molecule has 0 aliphatic carbocycles. The van der Waals surface area contributed by atoms with Crippen molar-refractivity contribution in [1.29, 1.82) is 0 Å². The molecule has 0 radical (unpaired) electrons. The van der Waals surface area contributed by atoms with Gasteiger partial charge in [0.25, 0.3) is 0 Å². The second kappa shape index (κ2) is 4.34. The lowest BCUT2D eigenvalue weighted by molar-refractivity contribution is 0.242. The van der Waals surface area contributed by atoms with Crippen molar-refractivity contribution in [1.82, 2.24) is 5.32 Å². The molecule has 0 bridgehead atoms. The van der Waals surface area contributed by atoms with Crippen LogP contribution in [-0.4, -0.2) is 25.0 Å². The van der Waals surface area contributed by atoms with E-state index in [-0.39, 0.29) is 6.10 Å². The molecule has 1 aliphatic heterocycles. The number of rotatable bonds is 3. The smallest absolute Gasteiger partial charge is 0.132 e. The summed E-state index contributed by atoms with van der Waals surface area (Å²) in [4.78, 5) is 4.40. The molecule has 3 heteroatoms. The first kappa shape index (κ1) is 10.0. The maximum atomic E-state index is 5.74. The highest BCUT2D eigenvalue weighted by Gasteiger charge is 2.13. The molecule has 1 heterocycles. The molecule has 2 rings (SSSR count). The van der Waals surface area contributed by atoms with Gasteiger partial charge in [-0.05, 0) is 26.0 Å². The predicted octanol–water partition coefficient (Wildman–Crippen LogP) is 1.82. The predicted molar refractivity (Wildman–Crippen MR) is 61.6 cm³/mol. The van der Waals surface area contributed by atoms with Gasteiger partial charge in [0.05, 0.1) is 18.2 Å². The summed E-state index contributed by atoms with van der Waals surface area (Å²) in [6.45, 7) is 5.83. The van der Waals surface area contributed by atoms with E-state index >= 15 is 0 Å². The molecule has 0 unspecified atom stereocenters. The number of benzene rings is 1. The average molecular weight is 204 g/mol. The Balaban J connectivity index is 2.29. The van der Waals surface area contributed by atoms with Crippen LogP contribution in [0.4, 0.5) is 0 Å². The summed E-state index contributed by atoms with van der Waals surface area (Å²) in [6, 6.07) is 8.01. The van der Waals surface area contributed by atoms with Crippen molar-refractivity contribution in [2.24, 2.45) is 4.99 Å². The molecule has 0 fully saturated rings. The number of hydrogen-bond acceptors (Lipinski definition) is 3. The standard InChI is InChI=1S/C12H16N2O/c1-9(2)15-11-6-4-3-5-10(11)12-13-7-8-14-12/h3-6,9H,7-8H2,1-2H3,(H,13,14). The maximum Gasteiger partial charge on any atom is 0.132 e. The van der Waals surface area contributed by atoms with Crippen molar-refractivity contribution in [3.8, 4) is 5.75 Å². The van der Waals surface area contributed by atoms with Gasteiger partial charge < -0.3 is 10.1 Å². The highest BCUT2D eigenvalue weighted by Crippen LogP contribution is 2.20. The minimum absolute atomic E-state index is 0.188. The van der Waals surface area contributed by atoms with Crippen LogP contribution in [0.3, 0.4) is 0 Å². The normalized spacial score (nSPS) is 15.0. The number of nitrogens with zero attached hydrogens (tertiary/aromatic N) is 1. The minimum atomic E-state index is 0.188. The fourth-order valence-electron chi connectivity index (χ4n) is 1.60. The molecule has 1 aromatic rings. The molecule has 80 valence electrons. The first-order chi connectivity index (χ1) is 7.27. The Labute approximate surface area is 90.2 Å². The molecule has 1 N–H and O–H groups in total. The van der Waals surface area contributed by atoms with Crippen LogP contribution in [0.2, 0.25) is 0 Å². The molecular formula is C12H16N2O. The second-order valence-corrected chi connectivity index (χ2v) is 3.82. The number of nitrogens with one attached hydrogen (secondary N) is 1. The highest BCUT2D eigenvalue weighted by molar-refractivity contribution is 6.02. The highest BCUT2D eigenvalue weighted by atomic mass is 16.5. The van der Waals surface area contributed by atoms with Gasteiger partial charge >= 0.3 is 0 Å². The van der Waals surface area contributed by atoms with Gasteiger partial charge in [0.15, 0.2) is 0 Å². The van der Waals surface area contributed by atoms with Gasteiger partial charge in [-0.15, -0.1) is 0 Å². The van der Waals surface area contributed by atoms with Gasteiger partial charge in [-0.2, -0.15) is 0 Å². The van der Waals surface area contributed by atoms with Crippen molar-refractivity contribution in [3.05, 3.63) is 29.8 Å². The molecular weight excluding hydrogens is 188 g/mol. The van der Waals surface area contributed by atoms with E-state index in [2.05, 4.69) is 10.3 Å². The zero-order valence-corrected chi connectivity index (χ0v) is 9.16. The van der Waals surface area contributed by atoms with Crippen LogP contribution in [0.15, 0.2) is 29.3 Å². The molecule has 15 heavy (non-hydrogen) atoms. The summed E-state index contributed by atoms with van der Waals surface area (Å²) < 4.78 is 5.74. The first-order valence-corrected chi connectivity index (χ1v) is 5.32. The maximum absolute atomic E-state index is 5.74. The molecule has 0 spiro atoms. The Morgan fingerprint density at radius 3 is 2.80 bits per heavy atom. The van der Waals surface area contributed by atoms with Crippen LogP contribution in [-0.2, 0) is 0 Å². The SMILES string of the molecule is CC(C)Oc1ccccc1C1=NCCN1. The van der Waals surface area contributed by atoms with E-state index < -0.39 is 0 Å². The van der Waals surface area contributed by atoms with Gasteiger partial charge in [-0.1, -0.05) is 12.1 Å². The Morgan fingerprint density at radius 1 is 1.33 bits per heavy atom. The average Bonchev–Trinajstić information content (AvgIpc) is 2.70. The Hall–Kier alpha value is -1.51.